The predicted molar refractivity (Wildman–Crippen MR) is 67.6 cm³/mol. The first kappa shape index (κ1) is 11.4. The summed E-state index contributed by atoms with van der Waals surface area (Å²) < 4.78 is 0. The fourth-order valence-electron chi connectivity index (χ4n) is 1.62. The summed E-state index contributed by atoms with van der Waals surface area (Å²) in [6.45, 7) is 1.98. The summed E-state index contributed by atoms with van der Waals surface area (Å²) in [6, 6.07) is 7.64. The Kier molecular flexibility index (Phi) is 3.55. The lowest BCUT2D eigenvalue weighted by Gasteiger charge is -2.05. The Morgan fingerprint density at radius 2 is 2.35 bits per heavy atom. The van der Waals surface area contributed by atoms with Crippen molar-refractivity contribution in [1.82, 2.24) is 9.97 Å². The van der Waals surface area contributed by atoms with Crippen molar-refractivity contribution >= 4 is 11.6 Å². The molecule has 1 aromatic heterocycles. The van der Waals surface area contributed by atoms with Gasteiger partial charge >= 0.3 is 0 Å². The SMILES string of the molecule is CCCC(=O)Nc1cccc(-c2ncc[nH]2)c1. The Morgan fingerprint density at radius 1 is 1.47 bits per heavy atom. The molecule has 0 fully saturated rings. The molecule has 0 radical (unpaired) electrons. The monoisotopic (exact) mass is 229 g/mol. The lowest BCUT2D eigenvalue weighted by Crippen LogP contribution is -2.10. The summed E-state index contributed by atoms with van der Waals surface area (Å²) in [5.41, 5.74) is 1.77. The van der Waals surface area contributed by atoms with E-state index in [1.165, 1.54) is 0 Å². The molecule has 2 rings (SSSR count). The van der Waals surface area contributed by atoms with Gasteiger partial charge in [0.15, 0.2) is 0 Å². The molecule has 17 heavy (non-hydrogen) atoms. The number of carbonyl (C=O) groups is 1. The van der Waals surface area contributed by atoms with Crippen LogP contribution in [0, 0.1) is 0 Å². The third kappa shape index (κ3) is 2.93. The molecule has 4 nitrogen and oxygen atoms in total. The predicted octanol–water partition coefficient (Wildman–Crippen LogP) is 2.82. The van der Waals surface area contributed by atoms with Gasteiger partial charge in [0.1, 0.15) is 5.82 Å². The highest BCUT2D eigenvalue weighted by Crippen LogP contribution is 2.19. The van der Waals surface area contributed by atoms with E-state index in [0.717, 1.165) is 23.5 Å². The van der Waals surface area contributed by atoms with Gasteiger partial charge in [-0.05, 0) is 18.6 Å². The second-order valence-corrected chi connectivity index (χ2v) is 3.82. The summed E-state index contributed by atoms with van der Waals surface area (Å²) in [5.74, 6) is 0.848. The van der Waals surface area contributed by atoms with E-state index in [0.29, 0.717) is 6.42 Å². The molecule has 0 aliphatic rings. The lowest BCUT2D eigenvalue weighted by molar-refractivity contribution is -0.116. The topological polar surface area (TPSA) is 57.8 Å². The standard InChI is InChI=1S/C13H15N3O/c1-2-4-12(17)16-11-6-3-5-10(9-11)13-14-7-8-15-13/h3,5-9H,2,4H2,1H3,(H,14,15)(H,16,17). The molecule has 2 aromatic rings. The number of hydrogen-bond acceptors (Lipinski definition) is 2. The first-order valence-corrected chi connectivity index (χ1v) is 5.69. The minimum absolute atomic E-state index is 0.0455. The van der Waals surface area contributed by atoms with Gasteiger partial charge in [-0.2, -0.15) is 0 Å². The molecule has 4 heteroatoms. The van der Waals surface area contributed by atoms with E-state index in [2.05, 4.69) is 15.3 Å². The minimum Gasteiger partial charge on any atom is -0.345 e. The van der Waals surface area contributed by atoms with Gasteiger partial charge in [0, 0.05) is 30.1 Å². The minimum atomic E-state index is 0.0455. The van der Waals surface area contributed by atoms with Gasteiger partial charge < -0.3 is 10.3 Å². The van der Waals surface area contributed by atoms with Gasteiger partial charge in [0.2, 0.25) is 5.91 Å². The summed E-state index contributed by atoms with van der Waals surface area (Å²) in [5, 5.41) is 2.86. The van der Waals surface area contributed by atoms with Crippen LogP contribution in [0.4, 0.5) is 5.69 Å². The fourth-order valence-corrected chi connectivity index (χ4v) is 1.62. The Hall–Kier alpha value is -2.10. The van der Waals surface area contributed by atoms with Crippen LogP contribution in [-0.4, -0.2) is 15.9 Å². The van der Waals surface area contributed by atoms with Crippen LogP contribution in [-0.2, 0) is 4.79 Å². The highest BCUT2D eigenvalue weighted by molar-refractivity contribution is 5.91. The Labute approximate surface area is 100 Å². The number of amides is 1. The molecule has 2 N–H and O–H groups in total. The van der Waals surface area contributed by atoms with E-state index in [1.807, 2.05) is 31.2 Å². The maximum absolute atomic E-state index is 11.5. The van der Waals surface area contributed by atoms with E-state index < -0.39 is 0 Å². The molecule has 0 atom stereocenters. The fraction of sp³-hybridized carbons (Fsp3) is 0.231. The van der Waals surface area contributed by atoms with Gasteiger partial charge in [-0.3, -0.25) is 4.79 Å². The Morgan fingerprint density at radius 3 is 3.06 bits per heavy atom. The number of nitrogens with one attached hydrogen (secondary N) is 2. The zero-order valence-corrected chi connectivity index (χ0v) is 9.73. The largest absolute Gasteiger partial charge is 0.345 e. The molecule has 88 valence electrons. The van der Waals surface area contributed by atoms with Crippen LogP contribution in [0.3, 0.4) is 0 Å². The molecule has 1 amide bonds. The smallest absolute Gasteiger partial charge is 0.224 e. The molecule has 1 aromatic carbocycles. The van der Waals surface area contributed by atoms with Crippen LogP contribution < -0.4 is 5.32 Å². The lowest BCUT2D eigenvalue weighted by atomic mass is 10.2. The quantitative estimate of drug-likeness (QED) is 0.847. The normalized spacial score (nSPS) is 10.2. The highest BCUT2D eigenvalue weighted by Gasteiger charge is 2.03. The van der Waals surface area contributed by atoms with E-state index in [1.54, 1.807) is 12.4 Å². The average Bonchev–Trinajstić information content (AvgIpc) is 2.83. The number of benzene rings is 1. The van der Waals surface area contributed by atoms with Crippen molar-refractivity contribution in [2.45, 2.75) is 19.8 Å². The molecule has 0 spiro atoms. The van der Waals surface area contributed by atoms with Crippen molar-refractivity contribution in [2.24, 2.45) is 0 Å². The van der Waals surface area contributed by atoms with Crippen molar-refractivity contribution in [1.29, 1.82) is 0 Å². The molecule has 0 aliphatic carbocycles. The van der Waals surface area contributed by atoms with E-state index >= 15 is 0 Å². The van der Waals surface area contributed by atoms with Crippen molar-refractivity contribution in [2.75, 3.05) is 5.32 Å². The number of nitrogens with zero attached hydrogens (tertiary/aromatic N) is 1. The van der Waals surface area contributed by atoms with Gasteiger partial charge in [-0.15, -0.1) is 0 Å². The van der Waals surface area contributed by atoms with Gasteiger partial charge in [-0.25, -0.2) is 4.98 Å². The number of hydrogen-bond donors (Lipinski definition) is 2. The zero-order valence-electron chi connectivity index (χ0n) is 9.73. The second-order valence-electron chi connectivity index (χ2n) is 3.82. The first-order chi connectivity index (χ1) is 8.29. The van der Waals surface area contributed by atoms with Gasteiger partial charge in [0.05, 0.1) is 0 Å². The van der Waals surface area contributed by atoms with E-state index in [-0.39, 0.29) is 5.91 Å². The summed E-state index contributed by atoms with van der Waals surface area (Å²) in [7, 11) is 0. The summed E-state index contributed by atoms with van der Waals surface area (Å²) >= 11 is 0. The van der Waals surface area contributed by atoms with Crippen LogP contribution in [0.5, 0.6) is 0 Å². The molecule has 0 unspecified atom stereocenters. The van der Waals surface area contributed by atoms with Crippen LogP contribution in [0.1, 0.15) is 19.8 Å². The summed E-state index contributed by atoms with van der Waals surface area (Å²) in [4.78, 5) is 18.7. The molecular weight excluding hydrogens is 214 g/mol. The molecule has 0 saturated carbocycles. The maximum atomic E-state index is 11.5. The number of carbonyl (C=O) groups excluding carboxylic acids is 1. The van der Waals surface area contributed by atoms with Crippen LogP contribution in [0.15, 0.2) is 36.7 Å². The number of imidazole rings is 1. The number of aromatic amines is 1. The summed E-state index contributed by atoms with van der Waals surface area (Å²) in [6.07, 6.45) is 4.88. The Balaban J connectivity index is 2.15. The number of rotatable bonds is 4. The third-order valence-electron chi connectivity index (χ3n) is 2.40. The highest BCUT2D eigenvalue weighted by atomic mass is 16.1. The van der Waals surface area contributed by atoms with Crippen LogP contribution >= 0.6 is 0 Å². The average molecular weight is 229 g/mol. The molecule has 0 bridgehead atoms. The second kappa shape index (κ2) is 5.30. The van der Waals surface area contributed by atoms with Crippen molar-refractivity contribution in [3.05, 3.63) is 36.7 Å². The molecule has 0 aliphatic heterocycles. The van der Waals surface area contributed by atoms with Crippen molar-refractivity contribution < 1.29 is 4.79 Å². The van der Waals surface area contributed by atoms with Crippen LogP contribution in [0.2, 0.25) is 0 Å². The molecule has 0 saturated heterocycles. The molecular formula is C13H15N3O. The first-order valence-electron chi connectivity index (χ1n) is 5.69. The number of aromatic nitrogens is 2. The Bertz CT molecular complexity index is 491. The van der Waals surface area contributed by atoms with Crippen LogP contribution in [0.25, 0.3) is 11.4 Å². The van der Waals surface area contributed by atoms with Gasteiger partial charge in [-0.1, -0.05) is 19.1 Å². The van der Waals surface area contributed by atoms with Gasteiger partial charge in [0.25, 0.3) is 0 Å². The third-order valence-corrected chi connectivity index (χ3v) is 2.40. The van der Waals surface area contributed by atoms with Crippen molar-refractivity contribution in [3.8, 4) is 11.4 Å². The zero-order chi connectivity index (χ0) is 12.1. The van der Waals surface area contributed by atoms with E-state index in [9.17, 15) is 4.79 Å². The number of H-pyrrole nitrogens is 1. The molecule has 1 heterocycles. The van der Waals surface area contributed by atoms with E-state index in [4.69, 9.17) is 0 Å². The maximum Gasteiger partial charge on any atom is 0.224 e. The number of anilines is 1. The van der Waals surface area contributed by atoms with Crippen molar-refractivity contribution in [3.63, 3.8) is 0 Å².